The van der Waals surface area contributed by atoms with Crippen LogP contribution >= 0.6 is 23.2 Å². The number of nitrogens with one attached hydrogen (secondary N) is 1. The maximum atomic E-state index is 13.4. The summed E-state index contributed by atoms with van der Waals surface area (Å²) in [6, 6.07) is 17.3. The van der Waals surface area contributed by atoms with Crippen LogP contribution in [-0.2, 0) is 14.8 Å². The smallest absolute Gasteiger partial charge is 0.270 e. The van der Waals surface area contributed by atoms with Crippen molar-refractivity contribution in [2.24, 2.45) is 0 Å². The van der Waals surface area contributed by atoms with Gasteiger partial charge in [-0.1, -0.05) is 41.4 Å². The molecule has 0 aliphatic rings. The minimum atomic E-state index is -4.45. The lowest BCUT2D eigenvalue weighted by Crippen LogP contribution is -2.38. The summed E-state index contributed by atoms with van der Waals surface area (Å²) in [7, 11) is -4.45. The van der Waals surface area contributed by atoms with E-state index in [-0.39, 0.29) is 10.7 Å². The van der Waals surface area contributed by atoms with E-state index in [2.05, 4.69) is 5.32 Å². The fourth-order valence-electron chi connectivity index (χ4n) is 2.70. The molecule has 0 aromatic heterocycles. The van der Waals surface area contributed by atoms with Crippen molar-refractivity contribution in [2.45, 2.75) is 4.90 Å². The standard InChI is InChI=1S/C20H15Cl2N3O5S/c21-14-6-8-16(9-7-14)24(13-20(26)23-15-4-2-1-3-5-15)31(29,30)19-12-17(25(27)28)10-11-18(19)22/h1-12H,13H2,(H,23,26). The molecule has 0 saturated heterocycles. The van der Waals surface area contributed by atoms with Crippen LogP contribution in [0.2, 0.25) is 10.0 Å². The lowest BCUT2D eigenvalue weighted by Gasteiger charge is -2.24. The zero-order valence-corrected chi connectivity index (χ0v) is 18.1. The summed E-state index contributed by atoms with van der Waals surface area (Å²) < 4.78 is 27.6. The van der Waals surface area contributed by atoms with Gasteiger partial charge in [-0.25, -0.2) is 8.42 Å². The number of benzene rings is 3. The first kappa shape index (κ1) is 22.5. The van der Waals surface area contributed by atoms with Gasteiger partial charge in [-0.2, -0.15) is 0 Å². The van der Waals surface area contributed by atoms with E-state index in [0.29, 0.717) is 10.7 Å². The molecule has 31 heavy (non-hydrogen) atoms. The van der Waals surface area contributed by atoms with Gasteiger partial charge in [-0.15, -0.1) is 0 Å². The van der Waals surface area contributed by atoms with Gasteiger partial charge in [0.2, 0.25) is 5.91 Å². The van der Waals surface area contributed by atoms with Gasteiger partial charge in [0.25, 0.3) is 15.7 Å². The Balaban J connectivity index is 2.03. The van der Waals surface area contributed by atoms with Gasteiger partial charge >= 0.3 is 0 Å². The maximum absolute atomic E-state index is 13.4. The second-order valence-corrected chi connectivity index (χ2v) is 8.95. The Hall–Kier alpha value is -3.14. The number of hydrogen-bond acceptors (Lipinski definition) is 5. The maximum Gasteiger partial charge on any atom is 0.270 e. The van der Waals surface area contributed by atoms with E-state index in [0.717, 1.165) is 22.5 Å². The fraction of sp³-hybridized carbons (Fsp3) is 0.0500. The second-order valence-electron chi connectivity index (χ2n) is 6.27. The van der Waals surface area contributed by atoms with Gasteiger partial charge in [0, 0.05) is 22.8 Å². The van der Waals surface area contributed by atoms with Crippen LogP contribution in [0.5, 0.6) is 0 Å². The molecule has 3 aromatic rings. The second kappa shape index (κ2) is 9.34. The quantitative estimate of drug-likeness (QED) is 0.388. The monoisotopic (exact) mass is 479 g/mol. The third-order valence-electron chi connectivity index (χ3n) is 4.15. The number of nitro benzene ring substituents is 1. The molecular weight excluding hydrogens is 465 g/mol. The van der Waals surface area contributed by atoms with Crippen molar-refractivity contribution >= 4 is 56.2 Å². The molecule has 0 bridgehead atoms. The molecule has 1 amide bonds. The summed E-state index contributed by atoms with van der Waals surface area (Å²) >= 11 is 12.0. The largest absolute Gasteiger partial charge is 0.325 e. The average molecular weight is 480 g/mol. The average Bonchev–Trinajstić information content (AvgIpc) is 2.73. The molecule has 3 rings (SSSR count). The first-order valence-electron chi connectivity index (χ1n) is 8.75. The normalized spacial score (nSPS) is 11.0. The van der Waals surface area contributed by atoms with Gasteiger partial charge in [0.15, 0.2) is 0 Å². The highest BCUT2D eigenvalue weighted by atomic mass is 35.5. The molecule has 0 fully saturated rings. The molecule has 0 aliphatic carbocycles. The predicted octanol–water partition coefficient (Wildman–Crippen LogP) is 4.74. The molecule has 3 aromatic carbocycles. The van der Waals surface area contributed by atoms with Crippen LogP contribution in [0.1, 0.15) is 0 Å². The molecule has 0 heterocycles. The van der Waals surface area contributed by atoms with Crippen LogP contribution in [0.25, 0.3) is 0 Å². The first-order valence-corrected chi connectivity index (χ1v) is 11.0. The van der Waals surface area contributed by atoms with E-state index in [4.69, 9.17) is 23.2 Å². The van der Waals surface area contributed by atoms with E-state index in [1.165, 1.54) is 24.3 Å². The van der Waals surface area contributed by atoms with E-state index in [1.54, 1.807) is 30.3 Å². The highest BCUT2D eigenvalue weighted by Gasteiger charge is 2.31. The number of carbonyl (C=O) groups excluding carboxylic acids is 1. The number of sulfonamides is 1. The van der Waals surface area contributed by atoms with Gasteiger partial charge in [-0.05, 0) is 42.5 Å². The predicted molar refractivity (Wildman–Crippen MR) is 119 cm³/mol. The van der Waals surface area contributed by atoms with Crippen LogP contribution < -0.4 is 9.62 Å². The highest BCUT2D eigenvalue weighted by Crippen LogP contribution is 2.32. The van der Waals surface area contributed by atoms with Gasteiger partial charge < -0.3 is 5.32 Å². The summed E-state index contributed by atoms with van der Waals surface area (Å²) in [5.74, 6) is -0.619. The molecule has 0 radical (unpaired) electrons. The number of nitrogens with zero attached hydrogens (tertiary/aromatic N) is 2. The Kier molecular flexibility index (Phi) is 6.79. The summed E-state index contributed by atoms with van der Waals surface area (Å²) in [5, 5.41) is 13.9. The van der Waals surface area contributed by atoms with Gasteiger partial charge in [0.05, 0.1) is 15.6 Å². The topological polar surface area (TPSA) is 110 Å². The van der Waals surface area contributed by atoms with Crippen molar-refractivity contribution in [2.75, 3.05) is 16.2 Å². The van der Waals surface area contributed by atoms with E-state index in [1.807, 2.05) is 0 Å². The number of nitro groups is 1. The molecule has 0 aliphatic heterocycles. The molecule has 0 atom stereocenters. The van der Waals surface area contributed by atoms with Crippen LogP contribution in [-0.4, -0.2) is 25.8 Å². The van der Waals surface area contributed by atoms with Crippen LogP contribution in [0.3, 0.4) is 0 Å². The number of non-ortho nitro benzene ring substituents is 1. The molecular formula is C20H15Cl2N3O5S. The number of halogens is 2. The van der Waals surface area contributed by atoms with Crippen molar-refractivity contribution in [1.29, 1.82) is 0 Å². The summed E-state index contributed by atoms with van der Waals surface area (Å²) in [6.45, 7) is -0.599. The summed E-state index contributed by atoms with van der Waals surface area (Å²) in [5.41, 5.74) is 0.164. The van der Waals surface area contributed by atoms with E-state index in [9.17, 15) is 23.3 Å². The van der Waals surface area contributed by atoms with Gasteiger partial charge in [-0.3, -0.25) is 19.2 Å². The zero-order valence-electron chi connectivity index (χ0n) is 15.7. The highest BCUT2D eigenvalue weighted by molar-refractivity contribution is 7.93. The van der Waals surface area contributed by atoms with Crippen molar-refractivity contribution in [3.05, 3.63) is 93.0 Å². The fourth-order valence-corrected chi connectivity index (χ4v) is 4.74. The number of rotatable bonds is 7. The Morgan fingerprint density at radius 3 is 2.26 bits per heavy atom. The zero-order chi connectivity index (χ0) is 22.6. The molecule has 0 saturated carbocycles. The number of para-hydroxylation sites is 1. The van der Waals surface area contributed by atoms with Crippen molar-refractivity contribution in [1.82, 2.24) is 0 Å². The molecule has 8 nitrogen and oxygen atoms in total. The Labute approximate surface area is 188 Å². The number of carbonyl (C=O) groups is 1. The Morgan fingerprint density at radius 1 is 1.00 bits per heavy atom. The summed E-state index contributed by atoms with van der Waals surface area (Å²) in [6.07, 6.45) is 0. The van der Waals surface area contributed by atoms with E-state index >= 15 is 0 Å². The summed E-state index contributed by atoms with van der Waals surface area (Å²) in [4.78, 5) is 22.5. The molecule has 160 valence electrons. The minimum Gasteiger partial charge on any atom is -0.325 e. The minimum absolute atomic E-state index is 0.134. The molecule has 11 heteroatoms. The third kappa shape index (κ3) is 5.32. The van der Waals surface area contributed by atoms with Crippen molar-refractivity contribution in [3.63, 3.8) is 0 Å². The number of anilines is 2. The SMILES string of the molecule is O=C(CN(c1ccc(Cl)cc1)S(=O)(=O)c1cc([N+](=O)[O-])ccc1Cl)Nc1ccccc1. The Morgan fingerprint density at radius 2 is 1.65 bits per heavy atom. The number of hydrogen-bond donors (Lipinski definition) is 1. The first-order chi connectivity index (χ1) is 14.7. The lowest BCUT2D eigenvalue weighted by molar-refractivity contribution is -0.385. The molecule has 0 unspecified atom stereocenters. The molecule has 1 N–H and O–H groups in total. The van der Waals surface area contributed by atoms with Crippen LogP contribution in [0.4, 0.5) is 17.1 Å². The van der Waals surface area contributed by atoms with E-state index < -0.39 is 38.0 Å². The Bertz CT molecular complexity index is 1220. The van der Waals surface area contributed by atoms with Crippen molar-refractivity contribution < 1.29 is 18.1 Å². The van der Waals surface area contributed by atoms with Gasteiger partial charge in [0.1, 0.15) is 11.4 Å². The number of amides is 1. The lowest BCUT2D eigenvalue weighted by atomic mass is 10.3. The third-order valence-corrected chi connectivity index (χ3v) is 6.66. The van der Waals surface area contributed by atoms with Crippen LogP contribution in [0.15, 0.2) is 77.7 Å². The van der Waals surface area contributed by atoms with Crippen LogP contribution in [0, 0.1) is 10.1 Å². The molecule has 0 spiro atoms. The van der Waals surface area contributed by atoms with Crippen molar-refractivity contribution in [3.8, 4) is 0 Å².